The molecule has 2 aromatic carbocycles. The molecule has 1 N–H and O–H groups in total. The third kappa shape index (κ3) is 3.70. The monoisotopic (exact) mass is 460 g/mol. The molecule has 7 nitrogen and oxygen atoms in total. The molecule has 0 saturated heterocycles. The highest BCUT2D eigenvalue weighted by atomic mass is 35.5. The van der Waals surface area contributed by atoms with Gasteiger partial charge in [0.25, 0.3) is 0 Å². The Morgan fingerprint density at radius 1 is 1.03 bits per heavy atom. The number of rotatable bonds is 4. The molecule has 0 saturated carbocycles. The van der Waals surface area contributed by atoms with E-state index in [9.17, 15) is 9.90 Å². The van der Waals surface area contributed by atoms with E-state index >= 15 is 0 Å². The molecular formula is C25H21ClN4O3. The summed E-state index contributed by atoms with van der Waals surface area (Å²) in [7, 11) is 0. The zero-order valence-electron chi connectivity index (χ0n) is 18.1. The molecule has 8 heteroatoms. The zero-order chi connectivity index (χ0) is 23.1. The van der Waals surface area contributed by atoms with Gasteiger partial charge in [-0.05, 0) is 38.1 Å². The van der Waals surface area contributed by atoms with Gasteiger partial charge in [-0.25, -0.2) is 9.48 Å². The van der Waals surface area contributed by atoms with Crippen molar-refractivity contribution in [2.45, 2.75) is 26.3 Å². The summed E-state index contributed by atoms with van der Waals surface area (Å²) >= 11 is 6.87. The Morgan fingerprint density at radius 3 is 2.30 bits per heavy atom. The number of benzene rings is 2. The van der Waals surface area contributed by atoms with Crippen molar-refractivity contribution >= 4 is 23.0 Å². The lowest BCUT2D eigenvalue weighted by molar-refractivity contribution is 0.432. The topological polar surface area (TPSA) is 83.9 Å². The fraction of sp³-hybridized carbons (Fsp3) is 0.160. The van der Waals surface area contributed by atoms with Gasteiger partial charge in [0.1, 0.15) is 22.2 Å². The predicted octanol–water partition coefficient (Wildman–Crippen LogP) is 5.16. The number of halogens is 1. The van der Waals surface area contributed by atoms with E-state index in [4.69, 9.17) is 21.1 Å². The summed E-state index contributed by atoms with van der Waals surface area (Å²) in [5, 5.41) is 22.2. The van der Waals surface area contributed by atoms with Crippen molar-refractivity contribution < 1.29 is 9.52 Å². The third-order valence-corrected chi connectivity index (χ3v) is 6.02. The Bertz CT molecular complexity index is 1410. The quantitative estimate of drug-likeness (QED) is 0.455. The molecule has 2 aromatic heterocycles. The van der Waals surface area contributed by atoms with E-state index in [1.165, 1.54) is 6.07 Å². The minimum absolute atomic E-state index is 0.0632. The fourth-order valence-corrected chi connectivity index (χ4v) is 4.59. The number of hydrazone groups is 1. The molecule has 33 heavy (non-hydrogen) atoms. The maximum absolute atomic E-state index is 12.6. The lowest BCUT2D eigenvalue weighted by atomic mass is 9.99. The van der Waals surface area contributed by atoms with Crippen molar-refractivity contribution in [2.75, 3.05) is 5.01 Å². The van der Waals surface area contributed by atoms with Crippen molar-refractivity contribution in [3.8, 4) is 11.4 Å². The van der Waals surface area contributed by atoms with E-state index in [0.29, 0.717) is 23.0 Å². The van der Waals surface area contributed by atoms with Crippen LogP contribution < -0.4 is 10.6 Å². The number of hydrogen-bond donors (Lipinski definition) is 1. The smallest absolute Gasteiger partial charge is 0.348 e. The molecule has 166 valence electrons. The van der Waals surface area contributed by atoms with Crippen LogP contribution in [-0.2, 0) is 0 Å². The Labute approximate surface area is 195 Å². The van der Waals surface area contributed by atoms with Gasteiger partial charge in [-0.3, -0.25) is 5.01 Å². The Balaban J connectivity index is 1.64. The molecule has 0 amide bonds. The number of para-hydroxylation sites is 2. The van der Waals surface area contributed by atoms with Crippen LogP contribution in [0.1, 0.15) is 35.0 Å². The van der Waals surface area contributed by atoms with E-state index in [-0.39, 0.29) is 17.4 Å². The number of nitrogens with zero attached hydrogens (tertiary/aromatic N) is 4. The van der Waals surface area contributed by atoms with Crippen LogP contribution in [0.3, 0.4) is 0 Å². The van der Waals surface area contributed by atoms with Crippen LogP contribution in [0.2, 0.25) is 5.15 Å². The van der Waals surface area contributed by atoms with Gasteiger partial charge in [-0.2, -0.15) is 10.2 Å². The summed E-state index contributed by atoms with van der Waals surface area (Å²) in [4.78, 5) is 12.6. The first-order valence-corrected chi connectivity index (χ1v) is 10.9. The van der Waals surface area contributed by atoms with Crippen LogP contribution in [0.15, 0.2) is 81.0 Å². The predicted molar refractivity (Wildman–Crippen MR) is 128 cm³/mol. The zero-order valence-corrected chi connectivity index (χ0v) is 18.8. The summed E-state index contributed by atoms with van der Waals surface area (Å²) in [6, 6.07) is 20.4. The molecule has 0 bridgehead atoms. The molecule has 1 atom stereocenters. The van der Waals surface area contributed by atoms with Gasteiger partial charge < -0.3 is 9.52 Å². The van der Waals surface area contributed by atoms with Gasteiger partial charge in [-0.15, -0.1) is 0 Å². The van der Waals surface area contributed by atoms with Crippen molar-refractivity contribution in [3.63, 3.8) is 0 Å². The minimum Gasteiger partial charge on any atom is -0.507 e. The Hall–Kier alpha value is -3.84. The number of anilines is 1. The van der Waals surface area contributed by atoms with E-state index in [1.807, 2.05) is 72.6 Å². The Kier molecular flexibility index (Phi) is 5.26. The molecular weight excluding hydrogens is 440 g/mol. The van der Waals surface area contributed by atoms with Crippen LogP contribution in [0.5, 0.6) is 5.75 Å². The number of aromatic hydroxyl groups is 1. The van der Waals surface area contributed by atoms with Gasteiger partial charge in [0.05, 0.1) is 28.8 Å². The number of aromatic nitrogens is 2. The molecule has 4 aromatic rings. The van der Waals surface area contributed by atoms with Crippen molar-refractivity contribution in [1.82, 2.24) is 9.78 Å². The van der Waals surface area contributed by atoms with E-state index in [1.54, 1.807) is 11.6 Å². The molecule has 5 rings (SSSR count). The molecule has 1 unspecified atom stereocenters. The van der Waals surface area contributed by atoms with Gasteiger partial charge in [0.2, 0.25) is 0 Å². The number of hydrogen-bond acceptors (Lipinski definition) is 6. The van der Waals surface area contributed by atoms with Crippen molar-refractivity contribution in [1.29, 1.82) is 0 Å². The van der Waals surface area contributed by atoms with Gasteiger partial charge in [-0.1, -0.05) is 48.0 Å². The van der Waals surface area contributed by atoms with Crippen LogP contribution in [0.25, 0.3) is 5.69 Å². The standard InChI is InChI=1S/C25H21ClN4O3/c1-15-13-21(31)23(25(32)33-15)19-14-20(29(28-19)17-9-5-3-6-10-17)22-16(2)27-30(24(22)26)18-11-7-4-8-12-18/h3-13,20,31H,14H2,1-2H3. The molecule has 3 heterocycles. The molecule has 0 radical (unpaired) electrons. The van der Waals surface area contributed by atoms with Gasteiger partial charge in [0.15, 0.2) is 0 Å². The lowest BCUT2D eigenvalue weighted by Crippen LogP contribution is -2.19. The van der Waals surface area contributed by atoms with Crippen molar-refractivity contribution in [3.05, 3.63) is 105 Å². The van der Waals surface area contributed by atoms with Gasteiger partial charge in [0, 0.05) is 18.1 Å². The lowest BCUT2D eigenvalue weighted by Gasteiger charge is -2.23. The molecule has 0 spiro atoms. The normalized spacial score (nSPS) is 15.7. The highest BCUT2D eigenvalue weighted by Gasteiger charge is 2.36. The SMILES string of the molecule is Cc1cc(O)c(C2=NN(c3ccccc3)C(c3c(C)nn(-c4ccccc4)c3Cl)C2)c(=O)o1. The van der Waals surface area contributed by atoms with Gasteiger partial charge >= 0.3 is 5.63 Å². The van der Waals surface area contributed by atoms with E-state index in [2.05, 4.69) is 5.10 Å². The molecule has 0 aliphatic carbocycles. The molecule has 1 aliphatic rings. The summed E-state index contributed by atoms with van der Waals surface area (Å²) in [5.41, 5.74) is 3.11. The first-order chi connectivity index (χ1) is 15.9. The van der Waals surface area contributed by atoms with Crippen molar-refractivity contribution in [2.24, 2.45) is 5.10 Å². The highest BCUT2D eigenvalue weighted by Crippen LogP contribution is 2.41. The van der Waals surface area contributed by atoms with E-state index in [0.717, 1.165) is 22.6 Å². The summed E-state index contributed by atoms with van der Waals surface area (Å²) < 4.78 is 6.93. The highest BCUT2D eigenvalue weighted by molar-refractivity contribution is 6.30. The largest absolute Gasteiger partial charge is 0.507 e. The van der Waals surface area contributed by atoms with Crippen LogP contribution in [0, 0.1) is 13.8 Å². The maximum atomic E-state index is 12.6. The molecule has 0 fully saturated rings. The number of aryl methyl sites for hydroxylation is 2. The van der Waals surface area contributed by atoms with E-state index < -0.39 is 5.63 Å². The first kappa shape index (κ1) is 21.0. The minimum atomic E-state index is -0.622. The first-order valence-electron chi connectivity index (χ1n) is 10.5. The van der Waals surface area contributed by atoms with Crippen LogP contribution >= 0.6 is 11.6 Å². The average Bonchev–Trinajstić information content (AvgIpc) is 3.34. The fourth-order valence-electron chi connectivity index (χ4n) is 4.20. The molecule has 1 aliphatic heterocycles. The maximum Gasteiger partial charge on any atom is 0.348 e. The Morgan fingerprint density at radius 2 is 1.67 bits per heavy atom. The summed E-state index contributed by atoms with van der Waals surface area (Å²) in [6.07, 6.45) is 0.345. The average molecular weight is 461 g/mol. The second kappa shape index (κ2) is 8.26. The van der Waals surface area contributed by atoms with Crippen LogP contribution in [0.4, 0.5) is 5.69 Å². The second-order valence-corrected chi connectivity index (χ2v) is 8.25. The summed E-state index contributed by atoms with van der Waals surface area (Å²) in [6.45, 7) is 3.51. The van der Waals surface area contributed by atoms with Crippen LogP contribution in [-0.4, -0.2) is 20.6 Å². The third-order valence-electron chi connectivity index (χ3n) is 5.66. The summed E-state index contributed by atoms with van der Waals surface area (Å²) in [5.74, 6) is 0.179. The second-order valence-electron chi connectivity index (χ2n) is 7.89.